The SMILES string of the molecule is CC(NC(=O)/C=C/c1c(Cl)nc2sccn12)c1ccc(C#N)cc1. The van der Waals surface area contributed by atoms with Crippen molar-refractivity contribution >= 4 is 39.9 Å². The van der Waals surface area contributed by atoms with Crippen LogP contribution < -0.4 is 5.32 Å². The van der Waals surface area contributed by atoms with Gasteiger partial charge in [-0.25, -0.2) is 4.98 Å². The average molecular weight is 357 g/mol. The summed E-state index contributed by atoms with van der Waals surface area (Å²) in [6.07, 6.45) is 4.94. The summed E-state index contributed by atoms with van der Waals surface area (Å²) in [5, 5.41) is 14.0. The van der Waals surface area contributed by atoms with Crippen LogP contribution in [-0.2, 0) is 4.79 Å². The number of fused-ring (bicyclic) bond motifs is 1. The molecule has 0 radical (unpaired) electrons. The van der Waals surface area contributed by atoms with Crippen molar-refractivity contribution in [1.29, 1.82) is 5.26 Å². The molecular formula is C17H13ClN4OS. The monoisotopic (exact) mass is 356 g/mol. The second-order valence-corrected chi connectivity index (χ2v) is 6.37. The van der Waals surface area contributed by atoms with E-state index in [1.807, 2.05) is 35.0 Å². The third-order valence-electron chi connectivity index (χ3n) is 3.55. The minimum absolute atomic E-state index is 0.169. The maximum Gasteiger partial charge on any atom is 0.244 e. The Labute approximate surface area is 147 Å². The summed E-state index contributed by atoms with van der Waals surface area (Å²) >= 11 is 7.57. The van der Waals surface area contributed by atoms with Crippen LogP contribution in [0.1, 0.15) is 29.8 Å². The number of benzene rings is 1. The van der Waals surface area contributed by atoms with Gasteiger partial charge in [-0.15, -0.1) is 11.3 Å². The molecule has 5 nitrogen and oxygen atoms in total. The summed E-state index contributed by atoms with van der Waals surface area (Å²) in [6, 6.07) is 9.02. The van der Waals surface area contributed by atoms with Crippen LogP contribution in [0.3, 0.4) is 0 Å². The van der Waals surface area contributed by atoms with E-state index < -0.39 is 0 Å². The number of rotatable bonds is 4. The molecule has 1 unspecified atom stereocenters. The molecule has 0 saturated heterocycles. The lowest BCUT2D eigenvalue weighted by molar-refractivity contribution is -0.117. The normalized spacial score (nSPS) is 12.4. The van der Waals surface area contributed by atoms with Gasteiger partial charge in [0.15, 0.2) is 10.1 Å². The summed E-state index contributed by atoms with van der Waals surface area (Å²) in [7, 11) is 0. The van der Waals surface area contributed by atoms with Crippen molar-refractivity contribution in [3.05, 3.63) is 63.9 Å². The second kappa shape index (κ2) is 6.87. The summed E-state index contributed by atoms with van der Waals surface area (Å²) < 4.78 is 1.83. The van der Waals surface area contributed by atoms with Crippen molar-refractivity contribution in [3.8, 4) is 6.07 Å². The number of imidazole rings is 1. The third kappa shape index (κ3) is 3.32. The minimum Gasteiger partial charge on any atom is -0.346 e. The van der Waals surface area contributed by atoms with Gasteiger partial charge in [-0.2, -0.15) is 5.26 Å². The molecule has 0 fully saturated rings. The molecule has 1 atom stereocenters. The number of hydrogen-bond donors (Lipinski definition) is 1. The topological polar surface area (TPSA) is 70.2 Å². The number of thiazole rings is 1. The highest BCUT2D eigenvalue weighted by atomic mass is 35.5. The van der Waals surface area contributed by atoms with Crippen molar-refractivity contribution < 1.29 is 4.79 Å². The van der Waals surface area contributed by atoms with E-state index in [-0.39, 0.29) is 11.9 Å². The third-order valence-corrected chi connectivity index (χ3v) is 4.58. The van der Waals surface area contributed by atoms with Crippen LogP contribution in [0.4, 0.5) is 0 Å². The Morgan fingerprint density at radius 3 is 2.92 bits per heavy atom. The zero-order valence-corrected chi connectivity index (χ0v) is 14.3. The van der Waals surface area contributed by atoms with Crippen molar-refractivity contribution in [2.45, 2.75) is 13.0 Å². The van der Waals surface area contributed by atoms with Crippen LogP contribution in [0, 0.1) is 11.3 Å². The summed E-state index contributed by atoms with van der Waals surface area (Å²) in [5.41, 5.74) is 2.19. The van der Waals surface area contributed by atoms with E-state index in [9.17, 15) is 4.79 Å². The van der Waals surface area contributed by atoms with E-state index in [1.165, 1.54) is 17.4 Å². The summed E-state index contributed by atoms with van der Waals surface area (Å²) in [5.74, 6) is -0.229. The standard InChI is InChI=1S/C17H13ClN4OS/c1-11(13-4-2-12(10-19)3-5-13)20-15(23)7-6-14-16(18)21-17-22(14)8-9-24-17/h2-9,11H,1H3,(H,20,23)/b7-6+. The Morgan fingerprint density at radius 1 is 1.46 bits per heavy atom. The van der Waals surface area contributed by atoms with Crippen LogP contribution in [-0.4, -0.2) is 15.3 Å². The maximum atomic E-state index is 12.1. The van der Waals surface area contributed by atoms with E-state index in [0.29, 0.717) is 16.4 Å². The van der Waals surface area contributed by atoms with Gasteiger partial charge in [0.25, 0.3) is 0 Å². The van der Waals surface area contributed by atoms with Crippen LogP contribution in [0.25, 0.3) is 11.0 Å². The van der Waals surface area contributed by atoms with E-state index in [1.54, 1.807) is 18.2 Å². The highest BCUT2D eigenvalue weighted by Gasteiger charge is 2.10. The summed E-state index contributed by atoms with van der Waals surface area (Å²) in [4.78, 5) is 17.1. The molecule has 0 saturated carbocycles. The largest absolute Gasteiger partial charge is 0.346 e. The zero-order chi connectivity index (χ0) is 17.1. The van der Waals surface area contributed by atoms with Crippen molar-refractivity contribution in [1.82, 2.24) is 14.7 Å². The number of hydrogen-bond acceptors (Lipinski definition) is 4. The number of carbonyl (C=O) groups is 1. The van der Waals surface area contributed by atoms with Crippen LogP contribution >= 0.6 is 22.9 Å². The highest BCUT2D eigenvalue weighted by Crippen LogP contribution is 2.22. The fraction of sp³-hybridized carbons (Fsp3) is 0.118. The number of amides is 1. The number of carbonyl (C=O) groups excluding carboxylic acids is 1. The number of halogens is 1. The molecular weight excluding hydrogens is 344 g/mol. The first kappa shape index (κ1) is 16.2. The van der Waals surface area contributed by atoms with Crippen LogP contribution in [0.5, 0.6) is 0 Å². The fourth-order valence-corrected chi connectivity index (χ4v) is 3.28. The van der Waals surface area contributed by atoms with Gasteiger partial charge in [0.2, 0.25) is 5.91 Å². The molecule has 0 spiro atoms. The Hall–Kier alpha value is -2.62. The molecule has 2 heterocycles. The molecule has 120 valence electrons. The molecule has 1 amide bonds. The molecule has 1 aromatic carbocycles. The van der Waals surface area contributed by atoms with Crippen molar-refractivity contribution in [2.24, 2.45) is 0 Å². The minimum atomic E-state index is -0.229. The zero-order valence-electron chi connectivity index (χ0n) is 12.7. The van der Waals surface area contributed by atoms with Gasteiger partial charge >= 0.3 is 0 Å². The van der Waals surface area contributed by atoms with Gasteiger partial charge in [-0.1, -0.05) is 23.7 Å². The summed E-state index contributed by atoms with van der Waals surface area (Å²) in [6.45, 7) is 1.88. The number of nitrogens with one attached hydrogen (secondary N) is 1. The van der Waals surface area contributed by atoms with Gasteiger partial charge < -0.3 is 5.32 Å². The first-order chi connectivity index (χ1) is 11.6. The number of nitrogens with zero attached hydrogens (tertiary/aromatic N) is 3. The van der Waals surface area contributed by atoms with Gasteiger partial charge in [-0.05, 0) is 30.7 Å². The first-order valence-corrected chi connectivity index (χ1v) is 8.44. The smallest absolute Gasteiger partial charge is 0.244 e. The lowest BCUT2D eigenvalue weighted by Gasteiger charge is -2.12. The Kier molecular flexibility index (Phi) is 4.65. The molecule has 0 bridgehead atoms. The molecule has 3 rings (SSSR count). The van der Waals surface area contributed by atoms with Crippen LogP contribution in [0.15, 0.2) is 41.9 Å². The molecule has 0 aliphatic rings. The molecule has 24 heavy (non-hydrogen) atoms. The highest BCUT2D eigenvalue weighted by molar-refractivity contribution is 7.15. The molecule has 1 N–H and O–H groups in total. The lowest BCUT2D eigenvalue weighted by Crippen LogP contribution is -2.24. The Balaban J connectivity index is 1.69. The second-order valence-electron chi connectivity index (χ2n) is 5.14. The molecule has 2 aromatic heterocycles. The maximum absolute atomic E-state index is 12.1. The molecule has 0 aliphatic heterocycles. The quantitative estimate of drug-likeness (QED) is 0.722. The van der Waals surface area contributed by atoms with Gasteiger partial charge in [0.05, 0.1) is 23.4 Å². The van der Waals surface area contributed by atoms with Crippen molar-refractivity contribution in [2.75, 3.05) is 0 Å². The molecule has 3 aromatic rings. The Bertz CT molecular complexity index is 949. The first-order valence-electron chi connectivity index (χ1n) is 7.18. The Morgan fingerprint density at radius 2 is 2.21 bits per heavy atom. The average Bonchev–Trinajstić information content (AvgIpc) is 3.13. The van der Waals surface area contributed by atoms with Gasteiger partial charge in [-0.3, -0.25) is 9.20 Å². The lowest BCUT2D eigenvalue weighted by atomic mass is 10.1. The molecule has 0 aliphatic carbocycles. The van der Waals surface area contributed by atoms with E-state index >= 15 is 0 Å². The fourth-order valence-electron chi connectivity index (χ4n) is 2.27. The van der Waals surface area contributed by atoms with Gasteiger partial charge in [0.1, 0.15) is 0 Å². The van der Waals surface area contributed by atoms with E-state index in [4.69, 9.17) is 16.9 Å². The van der Waals surface area contributed by atoms with E-state index in [2.05, 4.69) is 16.4 Å². The molecule has 7 heteroatoms. The van der Waals surface area contributed by atoms with Gasteiger partial charge in [0, 0.05) is 17.7 Å². The van der Waals surface area contributed by atoms with E-state index in [0.717, 1.165) is 10.5 Å². The number of nitriles is 1. The predicted molar refractivity (Wildman–Crippen MR) is 94.8 cm³/mol. The predicted octanol–water partition coefficient (Wildman–Crippen LogP) is 3.81. The van der Waals surface area contributed by atoms with Crippen LogP contribution in [0.2, 0.25) is 5.15 Å². The number of aromatic nitrogens is 2. The van der Waals surface area contributed by atoms with Crippen molar-refractivity contribution in [3.63, 3.8) is 0 Å².